The highest BCUT2D eigenvalue weighted by atomic mass is 14.8. The molecule has 7 heteroatoms. The van der Waals surface area contributed by atoms with Gasteiger partial charge in [0.1, 0.15) is 0 Å². The lowest BCUT2D eigenvalue weighted by molar-refractivity contribution is 1.05. The molecule has 0 aliphatic heterocycles. The van der Waals surface area contributed by atoms with Gasteiger partial charge in [0.25, 0.3) is 0 Å². The number of benzene rings is 7. The van der Waals surface area contributed by atoms with Crippen LogP contribution in [0.25, 0.3) is 78.1 Å². The fraction of sp³-hybridized carbons (Fsp3) is 0.294. The van der Waals surface area contributed by atoms with Crippen molar-refractivity contribution in [3.8, 4) is 78.1 Å². The van der Waals surface area contributed by atoms with Gasteiger partial charge in [-0.1, -0.05) is 109 Å². The van der Waals surface area contributed by atoms with Crippen LogP contribution in [0.15, 0.2) is 146 Å². The Morgan fingerprint density at radius 3 is 1.30 bits per heavy atom. The second-order valence-corrected chi connectivity index (χ2v) is 34.6. The summed E-state index contributed by atoms with van der Waals surface area (Å²) >= 11 is 0. The second kappa shape index (κ2) is 31.7. The van der Waals surface area contributed by atoms with E-state index in [1.165, 1.54) is 268 Å². The minimum absolute atomic E-state index is 0.993. The fourth-order valence-corrected chi connectivity index (χ4v) is 18.5. The Kier molecular flexibility index (Phi) is 21.8. The van der Waals surface area contributed by atoms with Gasteiger partial charge in [-0.2, -0.15) is 0 Å². The lowest BCUT2D eigenvalue weighted by Gasteiger charge is -2.11. The van der Waals surface area contributed by atoms with Crippen molar-refractivity contribution in [3.63, 3.8) is 0 Å². The number of pyridine rings is 7. The second-order valence-electron chi connectivity index (χ2n) is 34.6. The van der Waals surface area contributed by atoms with Crippen LogP contribution in [0.2, 0.25) is 0 Å². The first-order chi connectivity index (χ1) is 55.3. The molecule has 0 bridgehead atoms. The van der Waals surface area contributed by atoms with E-state index in [4.69, 9.17) is 15.0 Å². The molecule has 584 valence electrons. The lowest BCUT2D eigenvalue weighted by atomic mass is 9.93. The molecule has 7 nitrogen and oxygen atoms in total. The SMILES string of the molecule is Cc1cc(C)c2c(n1)Cc1cc(C)c(C)cc1-2.Cc1cc2c(cc1C)-c1c(ncc(C)c1C)C2.Cc1cc2c(cc1C)-c1cc(C)c(C)nc1C2.Cc1cc2c(nc1C)-c1ccccc1C2.Cc1ccc2c(n1)Cc1cc(C)c(C)c(C)c1-2.Cc1cnc2c(c1)-c1c(cc(C)c(C)c1C)C2.Cc1nc2c(c(C)c1C)Cc1ccccc1-2. The van der Waals surface area contributed by atoms with E-state index in [-0.39, 0.29) is 0 Å². The Labute approximate surface area is 690 Å². The van der Waals surface area contributed by atoms with Crippen LogP contribution in [0.5, 0.6) is 0 Å². The lowest BCUT2D eigenvalue weighted by Crippen LogP contribution is -1.97. The number of aryl methyl sites for hydroxylation is 18. The highest BCUT2D eigenvalue weighted by Crippen LogP contribution is 2.46. The minimum atomic E-state index is 0.993. The third-order valence-corrected chi connectivity index (χ3v) is 26.6. The van der Waals surface area contributed by atoms with Gasteiger partial charge in [-0.25, -0.2) is 0 Å². The summed E-state index contributed by atoms with van der Waals surface area (Å²) < 4.78 is 0. The van der Waals surface area contributed by atoms with E-state index in [2.05, 4.69) is 326 Å². The first kappa shape index (κ1) is 79.8. The number of nitrogens with zero attached hydrogens (tertiary/aromatic N) is 7. The summed E-state index contributed by atoms with van der Waals surface area (Å²) in [5.74, 6) is 0. The molecule has 0 N–H and O–H groups in total. The molecule has 0 saturated carbocycles. The number of fused-ring (bicyclic) bond motifs is 21. The summed E-state index contributed by atoms with van der Waals surface area (Å²) in [6.45, 7) is 54.1. The Morgan fingerprint density at radius 1 is 0.207 bits per heavy atom. The zero-order valence-electron chi connectivity index (χ0n) is 73.4. The maximum atomic E-state index is 4.76. The molecule has 7 aromatic heterocycles. The van der Waals surface area contributed by atoms with Crippen LogP contribution < -0.4 is 0 Å². The summed E-state index contributed by atoms with van der Waals surface area (Å²) in [6.07, 6.45) is 11.0. The predicted octanol–water partition coefficient (Wildman–Crippen LogP) is 26.3. The smallest absolute Gasteiger partial charge is 0.0746 e. The van der Waals surface area contributed by atoms with Crippen LogP contribution in [-0.2, 0) is 44.9 Å². The molecule has 0 amide bonds. The molecule has 116 heavy (non-hydrogen) atoms. The molecule has 0 atom stereocenters. The molecule has 7 aromatic carbocycles. The topological polar surface area (TPSA) is 90.2 Å². The van der Waals surface area contributed by atoms with Crippen molar-refractivity contribution in [2.75, 3.05) is 0 Å². The van der Waals surface area contributed by atoms with Gasteiger partial charge >= 0.3 is 0 Å². The van der Waals surface area contributed by atoms with E-state index >= 15 is 0 Å². The zero-order valence-corrected chi connectivity index (χ0v) is 73.4. The normalized spacial score (nSPS) is 12.5. The van der Waals surface area contributed by atoms with Crippen molar-refractivity contribution in [1.29, 1.82) is 0 Å². The van der Waals surface area contributed by atoms with Gasteiger partial charge < -0.3 is 0 Å². The van der Waals surface area contributed by atoms with Crippen LogP contribution in [-0.4, -0.2) is 34.9 Å². The maximum Gasteiger partial charge on any atom is 0.0746 e. The van der Waals surface area contributed by atoms with Gasteiger partial charge in [-0.05, 0) is 387 Å². The molecular weight excluding hydrogens is 1410 g/mol. The van der Waals surface area contributed by atoms with E-state index in [9.17, 15) is 0 Å². The molecule has 0 fully saturated rings. The Bertz CT molecular complexity index is 6360. The van der Waals surface area contributed by atoms with Crippen molar-refractivity contribution in [2.45, 2.75) is 218 Å². The van der Waals surface area contributed by atoms with E-state index in [0.717, 1.165) is 73.4 Å². The van der Waals surface area contributed by atoms with Crippen molar-refractivity contribution >= 4 is 0 Å². The Balaban J connectivity index is 0.000000106. The third kappa shape index (κ3) is 15.0. The van der Waals surface area contributed by atoms with Crippen LogP contribution in [0, 0.1) is 173 Å². The number of aromatic nitrogens is 7. The van der Waals surface area contributed by atoms with Gasteiger partial charge in [0.15, 0.2) is 0 Å². The molecular formula is C109H113N7. The van der Waals surface area contributed by atoms with Crippen LogP contribution >= 0.6 is 0 Å². The number of hydrogen-bond donors (Lipinski definition) is 0. The van der Waals surface area contributed by atoms with Crippen molar-refractivity contribution in [1.82, 2.24) is 34.9 Å². The predicted molar refractivity (Wildman–Crippen MR) is 486 cm³/mol. The van der Waals surface area contributed by atoms with Crippen molar-refractivity contribution in [2.24, 2.45) is 0 Å². The van der Waals surface area contributed by atoms with Crippen LogP contribution in [0.3, 0.4) is 0 Å². The highest BCUT2D eigenvalue weighted by molar-refractivity contribution is 5.84. The fourth-order valence-electron chi connectivity index (χ4n) is 18.5. The van der Waals surface area contributed by atoms with Crippen LogP contribution in [0.1, 0.15) is 218 Å². The van der Waals surface area contributed by atoms with Crippen molar-refractivity contribution < 1.29 is 0 Å². The maximum absolute atomic E-state index is 4.76. The Morgan fingerprint density at radius 2 is 0.664 bits per heavy atom. The number of hydrogen-bond acceptors (Lipinski definition) is 7. The van der Waals surface area contributed by atoms with E-state index < -0.39 is 0 Å². The summed E-state index contributed by atoms with van der Waals surface area (Å²) in [4.78, 5) is 32.7. The molecule has 21 rings (SSSR count). The molecule has 7 heterocycles. The van der Waals surface area contributed by atoms with Gasteiger partial charge in [0.2, 0.25) is 0 Å². The van der Waals surface area contributed by atoms with Crippen molar-refractivity contribution in [3.05, 3.63) is 364 Å². The minimum Gasteiger partial charge on any atom is -0.260 e. The molecule has 0 spiro atoms. The van der Waals surface area contributed by atoms with Gasteiger partial charge in [-0.15, -0.1) is 0 Å². The molecule has 0 radical (unpaired) electrons. The quantitative estimate of drug-likeness (QED) is 0.149. The average Bonchev–Trinajstić information content (AvgIpc) is 1.61. The molecule has 0 unspecified atom stereocenters. The van der Waals surface area contributed by atoms with E-state index in [1.54, 1.807) is 0 Å². The highest BCUT2D eigenvalue weighted by Gasteiger charge is 2.30. The van der Waals surface area contributed by atoms with Gasteiger partial charge in [0.05, 0.1) is 39.9 Å². The van der Waals surface area contributed by atoms with E-state index in [1.807, 2.05) is 12.4 Å². The van der Waals surface area contributed by atoms with Gasteiger partial charge in [0, 0.05) is 125 Å². The first-order valence-electron chi connectivity index (χ1n) is 41.7. The van der Waals surface area contributed by atoms with E-state index in [0.29, 0.717) is 0 Å². The molecule has 0 saturated heterocycles. The summed E-state index contributed by atoms with van der Waals surface area (Å²) in [6, 6.07) is 49.1. The number of rotatable bonds is 0. The van der Waals surface area contributed by atoms with Crippen LogP contribution in [0.4, 0.5) is 0 Å². The average molecular weight is 1520 g/mol. The monoisotopic (exact) mass is 1520 g/mol. The summed E-state index contributed by atoms with van der Waals surface area (Å²) in [5.41, 5.74) is 70.9. The zero-order chi connectivity index (χ0) is 82.5. The molecule has 7 aliphatic rings. The molecule has 14 aromatic rings. The molecule has 7 aliphatic carbocycles. The Hall–Kier alpha value is -11.4. The summed E-state index contributed by atoms with van der Waals surface area (Å²) in [5, 5.41) is 0. The third-order valence-electron chi connectivity index (χ3n) is 26.6. The standard InChI is InChI=1S/5C16H17N.C15H15N.C14H13N/c1-9-6-13-8-15-16(14(13)7-10(9)2)11(3)5-12(4)17-15;1-9-5-13-7-15-16(14(13)6-10(9)2)12(4)11(3)8-17-15;1-9-5-13-8-16-15(14(13)6-10(9)2)7-11(3)12(4)17-16;1-9-5-14-15(17-8-9)7-13-6-10(2)11(3)12(4)16(13)14;1-9-7-13-8-15-14(6-5-10(2)17-15)16(13)12(4)11(9)3;1-9-10(2)14-8-12-6-4-5-7-13(12)15(14)16-11(9)3;1-9-7-12-8-11-5-3-4-6-13(11)14(12)15-10(9)2/h5-7H,8H2,1-4H3;5-6,8H,7H2,1-4H3;5-7H,8H2,1-4H3;5-6,8H,7H2,1-4H3;5-7H,8H2,1-4H3;4-7H,8H2,1-3H3;3-7H,8H2,1-2H3. The summed E-state index contributed by atoms with van der Waals surface area (Å²) in [7, 11) is 0. The van der Waals surface area contributed by atoms with Gasteiger partial charge in [-0.3, -0.25) is 34.9 Å². The first-order valence-corrected chi connectivity index (χ1v) is 41.7. The largest absolute Gasteiger partial charge is 0.260 e.